The van der Waals surface area contributed by atoms with Crippen molar-refractivity contribution in [1.82, 2.24) is 14.6 Å². The fraction of sp³-hybridized carbons (Fsp3) is 0.174. The molecule has 0 saturated carbocycles. The van der Waals surface area contributed by atoms with Crippen molar-refractivity contribution >= 4 is 38.2 Å². The van der Waals surface area contributed by atoms with Gasteiger partial charge in [0.05, 0.1) is 6.54 Å². The molecule has 0 fully saturated rings. The van der Waals surface area contributed by atoms with Crippen LogP contribution in [0.1, 0.15) is 17.0 Å². The summed E-state index contributed by atoms with van der Waals surface area (Å²) in [6.45, 7) is 0.118. The van der Waals surface area contributed by atoms with Crippen molar-refractivity contribution in [2.45, 2.75) is 10.1 Å². The topological polar surface area (TPSA) is 82.3 Å². The molecule has 1 atom stereocenters. The van der Waals surface area contributed by atoms with E-state index >= 15 is 0 Å². The molecular formula is C23H23N3O3S2. The number of amides is 1. The summed E-state index contributed by atoms with van der Waals surface area (Å²) in [5.41, 5.74) is 3.19. The van der Waals surface area contributed by atoms with Gasteiger partial charge in [0.2, 0.25) is 5.91 Å². The van der Waals surface area contributed by atoms with Gasteiger partial charge < -0.3 is 10.3 Å². The highest BCUT2D eigenvalue weighted by Gasteiger charge is 2.25. The van der Waals surface area contributed by atoms with Gasteiger partial charge in [-0.25, -0.2) is 8.42 Å². The summed E-state index contributed by atoms with van der Waals surface area (Å²) < 4.78 is 26.5. The molecular weight excluding hydrogens is 430 g/mol. The van der Waals surface area contributed by atoms with E-state index in [-0.39, 0.29) is 22.6 Å². The first kappa shape index (κ1) is 21.3. The lowest BCUT2D eigenvalue weighted by Gasteiger charge is -2.20. The van der Waals surface area contributed by atoms with E-state index in [1.54, 1.807) is 11.4 Å². The number of nitrogens with one attached hydrogen (secondary N) is 2. The summed E-state index contributed by atoms with van der Waals surface area (Å²) in [6, 6.07) is 21.2. The lowest BCUT2D eigenvalue weighted by atomic mass is 9.91. The van der Waals surface area contributed by atoms with Crippen LogP contribution < -0.4 is 5.32 Å². The zero-order valence-electron chi connectivity index (χ0n) is 17.0. The van der Waals surface area contributed by atoms with Crippen molar-refractivity contribution in [3.63, 3.8) is 0 Å². The maximum Gasteiger partial charge on any atom is 0.252 e. The van der Waals surface area contributed by atoms with Gasteiger partial charge in [-0.2, -0.15) is 4.31 Å². The number of carbonyl (C=O) groups is 1. The number of likely N-dealkylation sites (N-methyl/N-ethyl adjacent to an activating group) is 1. The molecule has 0 saturated heterocycles. The fourth-order valence-electron chi connectivity index (χ4n) is 3.60. The van der Waals surface area contributed by atoms with Gasteiger partial charge in [0.1, 0.15) is 4.21 Å². The highest BCUT2D eigenvalue weighted by Crippen LogP contribution is 2.30. The number of rotatable bonds is 8. The van der Waals surface area contributed by atoms with Gasteiger partial charge in [-0.05, 0) is 28.6 Å². The largest absolute Gasteiger partial charge is 0.361 e. The van der Waals surface area contributed by atoms with Crippen LogP contribution in [0.4, 0.5) is 0 Å². The van der Waals surface area contributed by atoms with Gasteiger partial charge in [-0.1, -0.05) is 54.6 Å². The SMILES string of the molecule is CN(CC(=O)NC[C@H](c1ccccc1)c1c[nH]c2ccccc12)S(=O)(=O)c1cccs1. The van der Waals surface area contributed by atoms with E-state index in [0.717, 1.165) is 37.7 Å². The molecule has 31 heavy (non-hydrogen) atoms. The van der Waals surface area contributed by atoms with Crippen molar-refractivity contribution in [1.29, 1.82) is 0 Å². The highest BCUT2D eigenvalue weighted by atomic mass is 32.2. The van der Waals surface area contributed by atoms with Crippen LogP contribution in [0.5, 0.6) is 0 Å². The summed E-state index contributed by atoms with van der Waals surface area (Å²) in [4.78, 5) is 15.9. The van der Waals surface area contributed by atoms with Crippen molar-refractivity contribution in [3.05, 3.63) is 89.4 Å². The van der Waals surface area contributed by atoms with Crippen molar-refractivity contribution in [2.75, 3.05) is 20.1 Å². The van der Waals surface area contributed by atoms with E-state index in [4.69, 9.17) is 0 Å². The third-order valence-electron chi connectivity index (χ3n) is 5.23. The number of fused-ring (bicyclic) bond motifs is 1. The van der Waals surface area contributed by atoms with Crippen LogP contribution in [-0.4, -0.2) is 43.8 Å². The quantitative estimate of drug-likeness (QED) is 0.426. The number of para-hydroxylation sites is 1. The van der Waals surface area contributed by atoms with E-state index < -0.39 is 10.0 Å². The molecule has 2 heterocycles. The maximum absolute atomic E-state index is 12.6. The molecule has 2 aromatic carbocycles. The maximum atomic E-state index is 12.6. The van der Waals surface area contributed by atoms with Crippen LogP contribution in [-0.2, 0) is 14.8 Å². The molecule has 0 aliphatic heterocycles. The third-order valence-corrected chi connectivity index (χ3v) is 8.40. The zero-order valence-corrected chi connectivity index (χ0v) is 18.6. The molecule has 6 nitrogen and oxygen atoms in total. The standard InChI is InChI=1S/C23H23N3O3S2/c1-26(31(28,29)23-12-7-13-30-23)16-22(27)25-14-19(17-8-3-2-4-9-17)20-15-24-21-11-6-5-10-18(20)21/h2-13,15,19,24H,14,16H2,1H3,(H,25,27)/t19-/m1/s1. The van der Waals surface area contributed by atoms with Crippen LogP contribution in [0.2, 0.25) is 0 Å². The average molecular weight is 454 g/mol. The van der Waals surface area contributed by atoms with Crippen LogP contribution in [0.25, 0.3) is 10.9 Å². The second kappa shape index (κ2) is 9.05. The minimum absolute atomic E-state index is 0.0690. The summed E-state index contributed by atoms with van der Waals surface area (Å²) in [5, 5.41) is 5.73. The predicted molar refractivity (Wildman–Crippen MR) is 124 cm³/mol. The molecule has 160 valence electrons. The van der Waals surface area contributed by atoms with E-state index in [9.17, 15) is 13.2 Å². The minimum atomic E-state index is -3.67. The monoisotopic (exact) mass is 453 g/mol. The average Bonchev–Trinajstić information content (AvgIpc) is 3.46. The smallest absolute Gasteiger partial charge is 0.252 e. The van der Waals surface area contributed by atoms with E-state index in [1.165, 1.54) is 13.1 Å². The Kier molecular flexibility index (Phi) is 6.22. The van der Waals surface area contributed by atoms with E-state index in [2.05, 4.69) is 16.4 Å². The molecule has 0 radical (unpaired) electrons. The molecule has 1 amide bonds. The molecule has 0 unspecified atom stereocenters. The Labute approximate surface area is 185 Å². The molecule has 2 aromatic heterocycles. The van der Waals surface area contributed by atoms with E-state index in [1.807, 2.05) is 54.7 Å². The van der Waals surface area contributed by atoms with Crippen LogP contribution in [0, 0.1) is 0 Å². The minimum Gasteiger partial charge on any atom is -0.361 e. The first-order valence-electron chi connectivity index (χ1n) is 9.84. The molecule has 0 spiro atoms. The summed E-state index contributed by atoms with van der Waals surface area (Å²) >= 11 is 1.14. The second-order valence-corrected chi connectivity index (χ2v) is 10.5. The number of H-pyrrole nitrogens is 1. The van der Waals surface area contributed by atoms with Crippen LogP contribution >= 0.6 is 11.3 Å². The van der Waals surface area contributed by atoms with Crippen molar-refractivity contribution in [3.8, 4) is 0 Å². The van der Waals surface area contributed by atoms with Gasteiger partial charge in [-0.3, -0.25) is 4.79 Å². The number of sulfonamides is 1. The number of hydrogen-bond acceptors (Lipinski definition) is 4. The highest BCUT2D eigenvalue weighted by molar-refractivity contribution is 7.91. The summed E-state index contributed by atoms with van der Waals surface area (Å²) in [6.07, 6.45) is 1.97. The third kappa shape index (κ3) is 4.56. The Morgan fingerprint density at radius 3 is 2.55 bits per heavy atom. The second-order valence-electron chi connectivity index (χ2n) is 7.25. The van der Waals surface area contributed by atoms with Crippen molar-refractivity contribution < 1.29 is 13.2 Å². The number of hydrogen-bond donors (Lipinski definition) is 2. The Balaban J connectivity index is 1.51. The zero-order chi connectivity index (χ0) is 21.8. The first-order valence-corrected chi connectivity index (χ1v) is 12.2. The van der Waals surface area contributed by atoms with Gasteiger partial charge >= 0.3 is 0 Å². The number of aromatic amines is 1. The van der Waals surface area contributed by atoms with Gasteiger partial charge in [0, 0.05) is 36.6 Å². The lowest BCUT2D eigenvalue weighted by Crippen LogP contribution is -2.39. The Morgan fingerprint density at radius 2 is 1.81 bits per heavy atom. The van der Waals surface area contributed by atoms with Gasteiger partial charge in [-0.15, -0.1) is 11.3 Å². The Bertz CT molecular complexity index is 1270. The van der Waals surface area contributed by atoms with Gasteiger partial charge in [0.25, 0.3) is 10.0 Å². The molecule has 2 N–H and O–H groups in total. The molecule has 4 rings (SSSR count). The van der Waals surface area contributed by atoms with Gasteiger partial charge in [0.15, 0.2) is 0 Å². The molecule has 4 aromatic rings. The van der Waals surface area contributed by atoms with Crippen molar-refractivity contribution in [2.24, 2.45) is 0 Å². The number of benzene rings is 2. The van der Waals surface area contributed by atoms with Crippen LogP contribution in [0.15, 0.2) is 82.5 Å². The number of nitrogens with zero attached hydrogens (tertiary/aromatic N) is 1. The Hall–Kier alpha value is -2.94. The molecule has 0 aliphatic carbocycles. The van der Waals surface area contributed by atoms with E-state index in [0.29, 0.717) is 6.54 Å². The molecule has 0 aliphatic rings. The number of carbonyl (C=O) groups excluding carboxylic acids is 1. The normalized spacial score (nSPS) is 12.8. The van der Waals surface area contributed by atoms with Crippen LogP contribution in [0.3, 0.4) is 0 Å². The fourth-order valence-corrected chi connectivity index (χ4v) is 5.93. The number of thiophene rings is 1. The lowest BCUT2D eigenvalue weighted by molar-refractivity contribution is -0.121. The number of aromatic nitrogens is 1. The summed E-state index contributed by atoms with van der Waals surface area (Å²) in [5.74, 6) is -0.413. The first-order chi connectivity index (χ1) is 15.0. The Morgan fingerprint density at radius 1 is 1.06 bits per heavy atom. The predicted octanol–water partition coefficient (Wildman–Crippen LogP) is 3.80. The molecule has 0 bridgehead atoms. The molecule has 8 heteroatoms. The summed E-state index contributed by atoms with van der Waals surface area (Å²) in [7, 11) is -2.25.